The van der Waals surface area contributed by atoms with Crippen LogP contribution in [0.3, 0.4) is 0 Å². The molecule has 4 aromatic rings. The third kappa shape index (κ3) is 5.68. The third-order valence-electron chi connectivity index (χ3n) is 5.68. The van der Waals surface area contributed by atoms with Crippen molar-refractivity contribution in [3.63, 3.8) is 0 Å². The monoisotopic (exact) mass is 574 g/mol. The molecule has 0 bridgehead atoms. The molecule has 0 aliphatic heterocycles. The number of hydrogen-bond donors (Lipinski definition) is 0. The second-order valence-electron chi connectivity index (χ2n) is 8.01. The molecule has 0 atom stereocenters. The molecule has 38 heavy (non-hydrogen) atoms. The Morgan fingerprint density at radius 2 is 1.50 bits per heavy atom. The maximum atomic E-state index is 10.2. The topological polar surface area (TPSA) is 86.2 Å². The van der Waals surface area contributed by atoms with E-state index in [4.69, 9.17) is 23.4 Å². The predicted octanol–water partition coefficient (Wildman–Crippen LogP) is 7.81. The van der Waals surface area contributed by atoms with Crippen LogP contribution in [0.2, 0.25) is 0 Å². The SMILES string of the molecule is CCOc1cc(C=Nc2oc(-c3ccc(OC)cc3)c(-c3ccc(OC)cc3)c2C#N)cc(Br)c1OCC. The molecule has 0 saturated carbocycles. The average molecular weight is 575 g/mol. The van der Waals surface area contributed by atoms with Gasteiger partial charge < -0.3 is 23.4 Å². The third-order valence-corrected chi connectivity index (χ3v) is 6.27. The van der Waals surface area contributed by atoms with Crippen molar-refractivity contribution in [2.24, 2.45) is 4.99 Å². The fraction of sp³-hybridized carbons (Fsp3) is 0.200. The molecule has 0 saturated heterocycles. The van der Waals surface area contributed by atoms with Crippen LogP contribution in [-0.4, -0.2) is 33.6 Å². The molecule has 7 nitrogen and oxygen atoms in total. The normalized spacial score (nSPS) is 10.8. The van der Waals surface area contributed by atoms with Crippen molar-refractivity contribution < 1.29 is 23.4 Å². The highest BCUT2D eigenvalue weighted by Crippen LogP contribution is 2.43. The van der Waals surface area contributed by atoms with E-state index >= 15 is 0 Å². The molecular weight excluding hydrogens is 548 g/mol. The van der Waals surface area contributed by atoms with Crippen molar-refractivity contribution in [1.29, 1.82) is 5.26 Å². The van der Waals surface area contributed by atoms with Gasteiger partial charge in [-0.15, -0.1) is 0 Å². The Hall–Kier alpha value is -4.22. The highest BCUT2D eigenvalue weighted by atomic mass is 79.9. The van der Waals surface area contributed by atoms with Gasteiger partial charge in [-0.1, -0.05) is 12.1 Å². The van der Waals surface area contributed by atoms with Gasteiger partial charge in [0.25, 0.3) is 0 Å². The Kier molecular flexibility index (Phi) is 8.72. The molecule has 0 fully saturated rings. The van der Waals surface area contributed by atoms with Crippen molar-refractivity contribution in [2.75, 3.05) is 27.4 Å². The first-order valence-corrected chi connectivity index (χ1v) is 12.8. The van der Waals surface area contributed by atoms with Crippen molar-refractivity contribution in [1.82, 2.24) is 0 Å². The van der Waals surface area contributed by atoms with Gasteiger partial charge in [0.05, 0.1) is 31.9 Å². The molecular formula is C30H27BrN2O5. The molecule has 0 aliphatic carbocycles. The Morgan fingerprint density at radius 3 is 2.05 bits per heavy atom. The molecule has 194 valence electrons. The van der Waals surface area contributed by atoms with Gasteiger partial charge >= 0.3 is 0 Å². The van der Waals surface area contributed by atoms with E-state index in [1.54, 1.807) is 20.4 Å². The summed E-state index contributed by atoms with van der Waals surface area (Å²) in [7, 11) is 3.22. The van der Waals surface area contributed by atoms with Gasteiger partial charge in [-0.2, -0.15) is 5.26 Å². The molecule has 3 aromatic carbocycles. The number of hydrogen-bond acceptors (Lipinski definition) is 7. The summed E-state index contributed by atoms with van der Waals surface area (Å²) in [5, 5.41) is 10.2. The molecule has 0 unspecified atom stereocenters. The lowest BCUT2D eigenvalue weighted by Crippen LogP contribution is -2.00. The summed E-state index contributed by atoms with van der Waals surface area (Å²) in [5.74, 6) is 3.40. The number of halogens is 1. The summed E-state index contributed by atoms with van der Waals surface area (Å²) in [5.41, 5.74) is 3.32. The summed E-state index contributed by atoms with van der Waals surface area (Å²) in [6.45, 7) is 4.82. The van der Waals surface area contributed by atoms with Crippen LogP contribution in [0.1, 0.15) is 25.0 Å². The minimum Gasteiger partial charge on any atom is -0.497 e. The standard InChI is InChI=1S/C30H27BrN2O5/c1-5-36-26-16-19(15-25(31)29(26)37-6-2)18-33-30-24(17-32)27(20-7-11-22(34-3)12-8-20)28(38-30)21-9-13-23(35-4)14-10-21/h7-16,18H,5-6H2,1-4H3. The van der Waals surface area contributed by atoms with Crippen LogP contribution in [-0.2, 0) is 0 Å². The maximum absolute atomic E-state index is 10.2. The Bertz CT molecular complexity index is 1470. The average Bonchev–Trinajstić information content (AvgIpc) is 3.32. The van der Waals surface area contributed by atoms with Crippen molar-refractivity contribution >= 4 is 28.0 Å². The van der Waals surface area contributed by atoms with Gasteiger partial charge in [-0.3, -0.25) is 0 Å². The zero-order chi connectivity index (χ0) is 27.1. The summed E-state index contributed by atoms with van der Waals surface area (Å²) in [6, 6.07) is 20.9. The van der Waals surface area contributed by atoms with Gasteiger partial charge in [0, 0.05) is 17.3 Å². The van der Waals surface area contributed by atoms with E-state index < -0.39 is 0 Å². The number of benzene rings is 3. The lowest BCUT2D eigenvalue weighted by Gasteiger charge is -2.13. The molecule has 0 amide bonds. The molecule has 8 heteroatoms. The van der Waals surface area contributed by atoms with Crippen LogP contribution in [0.25, 0.3) is 22.5 Å². The zero-order valence-corrected chi connectivity index (χ0v) is 23.2. The molecule has 0 aliphatic rings. The molecule has 0 N–H and O–H groups in total. The second-order valence-corrected chi connectivity index (χ2v) is 8.86. The fourth-order valence-electron chi connectivity index (χ4n) is 3.94. The van der Waals surface area contributed by atoms with E-state index in [9.17, 15) is 5.26 Å². The lowest BCUT2D eigenvalue weighted by molar-refractivity contribution is 0.286. The molecule has 0 spiro atoms. The minimum absolute atomic E-state index is 0.201. The summed E-state index contributed by atoms with van der Waals surface area (Å²) in [4.78, 5) is 4.58. The Labute approximate surface area is 230 Å². The first kappa shape index (κ1) is 26.8. The van der Waals surface area contributed by atoms with E-state index in [2.05, 4.69) is 27.0 Å². The largest absolute Gasteiger partial charge is 0.497 e. The highest BCUT2D eigenvalue weighted by molar-refractivity contribution is 9.10. The van der Waals surface area contributed by atoms with Gasteiger partial charge in [0.2, 0.25) is 5.88 Å². The van der Waals surface area contributed by atoms with E-state index in [0.29, 0.717) is 47.3 Å². The van der Waals surface area contributed by atoms with Gasteiger partial charge in [-0.05, 0) is 89.4 Å². The first-order chi connectivity index (χ1) is 18.5. The van der Waals surface area contributed by atoms with Crippen LogP contribution < -0.4 is 18.9 Å². The van der Waals surface area contributed by atoms with E-state index in [-0.39, 0.29) is 5.88 Å². The van der Waals surface area contributed by atoms with Crippen LogP contribution in [0.5, 0.6) is 23.0 Å². The van der Waals surface area contributed by atoms with Crippen molar-refractivity contribution in [3.8, 4) is 51.5 Å². The number of rotatable bonds is 10. The van der Waals surface area contributed by atoms with Crippen molar-refractivity contribution in [2.45, 2.75) is 13.8 Å². The van der Waals surface area contributed by atoms with Crippen LogP contribution in [0.15, 0.2) is 74.5 Å². The number of ether oxygens (including phenoxy) is 4. The second kappa shape index (κ2) is 12.3. The summed E-state index contributed by atoms with van der Waals surface area (Å²) < 4.78 is 29.1. The number of furan rings is 1. The Balaban J connectivity index is 1.83. The Morgan fingerprint density at radius 1 is 0.895 bits per heavy atom. The van der Waals surface area contributed by atoms with E-state index in [1.807, 2.05) is 74.5 Å². The van der Waals surface area contributed by atoms with E-state index in [1.165, 1.54) is 0 Å². The zero-order valence-electron chi connectivity index (χ0n) is 21.6. The lowest BCUT2D eigenvalue weighted by atomic mass is 9.98. The smallest absolute Gasteiger partial charge is 0.238 e. The number of nitrogens with zero attached hydrogens (tertiary/aromatic N) is 2. The first-order valence-electron chi connectivity index (χ1n) is 12.0. The molecule has 0 radical (unpaired) electrons. The quantitative estimate of drug-likeness (QED) is 0.179. The molecule has 1 heterocycles. The predicted molar refractivity (Wildman–Crippen MR) is 151 cm³/mol. The van der Waals surface area contributed by atoms with E-state index in [0.717, 1.165) is 26.9 Å². The molecule has 4 rings (SSSR count). The molecule has 1 aromatic heterocycles. The minimum atomic E-state index is 0.201. The summed E-state index contributed by atoms with van der Waals surface area (Å²) in [6.07, 6.45) is 1.64. The van der Waals surface area contributed by atoms with Crippen LogP contribution in [0, 0.1) is 11.3 Å². The van der Waals surface area contributed by atoms with Crippen LogP contribution in [0.4, 0.5) is 5.88 Å². The van der Waals surface area contributed by atoms with Crippen LogP contribution >= 0.6 is 15.9 Å². The highest BCUT2D eigenvalue weighted by Gasteiger charge is 2.23. The van der Waals surface area contributed by atoms with Gasteiger partial charge in [0.1, 0.15) is 28.9 Å². The van der Waals surface area contributed by atoms with Crippen molar-refractivity contribution in [3.05, 3.63) is 76.3 Å². The van der Waals surface area contributed by atoms with Gasteiger partial charge in [-0.25, -0.2) is 4.99 Å². The number of methoxy groups -OCH3 is 2. The number of nitriles is 1. The maximum Gasteiger partial charge on any atom is 0.238 e. The fourth-order valence-corrected chi connectivity index (χ4v) is 4.51. The summed E-state index contributed by atoms with van der Waals surface area (Å²) >= 11 is 3.56. The number of aliphatic imine (C=N–C) groups is 1. The van der Waals surface area contributed by atoms with Gasteiger partial charge in [0.15, 0.2) is 11.5 Å².